The number of aryl methyl sites for hydroxylation is 1. The van der Waals surface area contributed by atoms with E-state index >= 15 is 0 Å². The van der Waals surface area contributed by atoms with Crippen LogP contribution >= 0.6 is 11.3 Å². The van der Waals surface area contributed by atoms with E-state index in [1.807, 2.05) is 36.6 Å². The van der Waals surface area contributed by atoms with Crippen molar-refractivity contribution < 1.29 is 0 Å². The highest BCUT2D eigenvalue weighted by molar-refractivity contribution is 7.12. The second-order valence-electron chi connectivity index (χ2n) is 5.51. The van der Waals surface area contributed by atoms with Crippen LogP contribution in [0.2, 0.25) is 0 Å². The van der Waals surface area contributed by atoms with E-state index in [4.69, 9.17) is 0 Å². The normalized spacial score (nSPS) is 11.0. The lowest BCUT2D eigenvalue weighted by Crippen LogP contribution is -2.28. The maximum Gasteiger partial charge on any atom is 0.279 e. The van der Waals surface area contributed by atoms with Crippen molar-refractivity contribution in [3.05, 3.63) is 80.2 Å². The van der Waals surface area contributed by atoms with Gasteiger partial charge in [-0.05, 0) is 19.1 Å². The summed E-state index contributed by atoms with van der Waals surface area (Å²) in [7, 11) is 0. The molecule has 2 aromatic carbocycles. The van der Waals surface area contributed by atoms with E-state index in [9.17, 15) is 9.59 Å². The molecule has 0 saturated carbocycles. The number of aromatic amines is 1. The highest BCUT2D eigenvalue weighted by atomic mass is 32.1. The van der Waals surface area contributed by atoms with Gasteiger partial charge in [-0.2, -0.15) is 4.68 Å². The molecule has 0 saturated heterocycles. The smallest absolute Gasteiger partial charge is 0.267 e. The van der Waals surface area contributed by atoms with Gasteiger partial charge in [-0.3, -0.25) is 14.7 Å². The Morgan fingerprint density at radius 1 is 1.00 bits per heavy atom. The maximum atomic E-state index is 12.6. The summed E-state index contributed by atoms with van der Waals surface area (Å²) in [5.41, 5.74) is 2.33. The van der Waals surface area contributed by atoms with Crippen LogP contribution in [0.15, 0.2) is 63.5 Å². The molecule has 0 aliphatic rings. The first-order chi connectivity index (χ1) is 11.6. The van der Waals surface area contributed by atoms with Gasteiger partial charge in [0, 0.05) is 10.9 Å². The maximum absolute atomic E-state index is 12.6. The molecule has 0 aliphatic heterocycles. The SMILES string of the molecule is Cc1ccc(-c2csc(-n3[nH]c(=O)c4ccccc4c3=O)n2)cc1. The Bertz CT molecular complexity index is 1150. The first kappa shape index (κ1) is 14.6. The number of nitrogens with one attached hydrogen (secondary N) is 1. The highest BCUT2D eigenvalue weighted by Gasteiger charge is 2.12. The Hall–Kier alpha value is -2.99. The van der Waals surface area contributed by atoms with Gasteiger partial charge in [0.2, 0.25) is 5.13 Å². The second-order valence-corrected chi connectivity index (χ2v) is 6.34. The van der Waals surface area contributed by atoms with Gasteiger partial charge in [-0.15, -0.1) is 11.3 Å². The third kappa shape index (κ3) is 2.37. The molecule has 1 N–H and O–H groups in total. The summed E-state index contributed by atoms with van der Waals surface area (Å²) in [6.07, 6.45) is 0. The van der Waals surface area contributed by atoms with Crippen LogP contribution in [0.5, 0.6) is 0 Å². The van der Waals surface area contributed by atoms with Gasteiger partial charge >= 0.3 is 0 Å². The molecule has 4 rings (SSSR count). The van der Waals surface area contributed by atoms with Crippen LogP contribution in [0, 0.1) is 6.92 Å². The lowest BCUT2D eigenvalue weighted by atomic mass is 10.1. The third-order valence-electron chi connectivity index (χ3n) is 3.85. The number of nitrogens with zero attached hydrogens (tertiary/aromatic N) is 2. The van der Waals surface area contributed by atoms with Gasteiger partial charge in [0.15, 0.2) is 0 Å². The molecule has 0 aliphatic carbocycles. The minimum absolute atomic E-state index is 0.282. The monoisotopic (exact) mass is 335 g/mol. The molecule has 2 heterocycles. The molecule has 0 atom stereocenters. The molecule has 4 aromatic rings. The molecule has 0 radical (unpaired) electrons. The summed E-state index contributed by atoms with van der Waals surface area (Å²) < 4.78 is 1.22. The second kappa shape index (κ2) is 5.58. The summed E-state index contributed by atoms with van der Waals surface area (Å²) in [5.74, 6) is 0. The lowest BCUT2D eigenvalue weighted by Gasteiger charge is -2.03. The van der Waals surface area contributed by atoms with Crippen molar-refractivity contribution in [2.24, 2.45) is 0 Å². The predicted octanol–water partition coefficient (Wildman–Crippen LogP) is 3.11. The Morgan fingerprint density at radius 3 is 2.46 bits per heavy atom. The Labute approximate surface area is 140 Å². The number of aromatic nitrogens is 3. The van der Waals surface area contributed by atoms with Gasteiger partial charge in [0.1, 0.15) is 0 Å². The zero-order valence-corrected chi connectivity index (χ0v) is 13.6. The molecular formula is C18H13N3O2S. The van der Waals surface area contributed by atoms with Gasteiger partial charge < -0.3 is 0 Å². The highest BCUT2D eigenvalue weighted by Crippen LogP contribution is 2.23. The lowest BCUT2D eigenvalue weighted by molar-refractivity contribution is 0.795. The van der Waals surface area contributed by atoms with Gasteiger partial charge in [0.05, 0.1) is 16.5 Å². The van der Waals surface area contributed by atoms with Crippen molar-refractivity contribution in [1.82, 2.24) is 14.8 Å². The van der Waals surface area contributed by atoms with Crippen LogP contribution < -0.4 is 11.1 Å². The first-order valence-corrected chi connectivity index (χ1v) is 8.28. The molecule has 6 heteroatoms. The van der Waals surface area contributed by atoms with Crippen LogP contribution in [0.25, 0.3) is 27.2 Å². The fourth-order valence-corrected chi connectivity index (χ4v) is 3.35. The fraction of sp³-hybridized carbons (Fsp3) is 0.0556. The van der Waals surface area contributed by atoms with E-state index in [-0.39, 0.29) is 11.1 Å². The minimum atomic E-state index is -0.308. The van der Waals surface area contributed by atoms with Crippen molar-refractivity contribution in [3.8, 4) is 16.4 Å². The molecule has 118 valence electrons. The average molecular weight is 335 g/mol. The van der Waals surface area contributed by atoms with E-state index in [0.29, 0.717) is 15.9 Å². The summed E-state index contributed by atoms with van der Waals surface area (Å²) >= 11 is 1.31. The minimum Gasteiger partial charge on any atom is -0.267 e. The van der Waals surface area contributed by atoms with Crippen LogP contribution in [0.4, 0.5) is 0 Å². The molecule has 0 amide bonds. The van der Waals surface area contributed by atoms with Crippen molar-refractivity contribution in [3.63, 3.8) is 0 Å². The quantitative estimate of drug-likeness (QED) is 0.612. The molecule has 0 unspecified atom stereocenters. The molecule has 0 bridgehead atoms. The Kier molecular flexibility index (Phi) is 3.39. The van der Waals surface area contributed by atoms with Gasteiger partial charge in [0.25, 0.3) is 11.1 Å². The number of rotatable bonds is 2. The van der Waals surface area contributed by atoms with Crippen molar-refractivity contribution in [1.29, 1.82) is 0 Å². The number of H-pyrrole nitrogens is 1. The zero-order chi connectivity index (χ0) is 16.7. The van der Waals surface area contributed by atoms with E-state index in [2.05, 4.69) is 10.1 Å². The molecule has 0 spiro atoms. The van der Waals surface area contributed by atoms with Gasteiger partial charge in [-0.25, -0.2) is 4.98 Å². The molecule has 0 fully saturated rings. The molecule has 2 aromatic heterocycles. The van der Waals surface area contributed by atoms with Crippen molar-refractivity contribution in [2.75, 3.05) is 0 Å². The number of fused-ring (bicyclic) bond motifs is 1. The molecule has 24 heavy (non-hydrogen) atoms. The standard InChI is InChI=1S/C18H13N3O2S/c1-11-6-8-12(9-7-11)15-10-24-18(19-15)21-17(23)14-5-3-2-4-13(14)16(22)20-21/h2-10H,1H3,(H,20,22). The first-order valence-electron chi connectivity index (χ1n) is 7.40. The van der Waals surface area contributed by atoms with E-state index in [0.717, 1.165) is 11.3 Å². The zero-order valence-electron chi connectivity index (χ0n) is 12.8. The van der Waals surface area contributed by atoms with Crippen LogP contribution in [0.1, 0.15) is 5.56 Å². The Balaban J connectivity index is 1.87. The van der Waals surface area contributed by atoms with Crippen molar-refractivity contribution >= 4 is 22.1 Å². The summed E-state index contributed by atoms with van der Waals surface area (Å²) in [5, 5.41) is 5.69. The predicted molar refractivity (Wildman–Crippen MR) is 96.0 cm³/mol. The largest absolute Gasteiger partial charge is 0.279 e. The topological polar surface area (TPSA) is 67.8 Å². The Morgan fingerprint density at radius 2 is 1.71 bits per heavy atom. The third-order valence-corrected chi connectivity index (χ3v) is 4.68. The number of hydrogen-bond donors (Lipinski definition) is 1. The fourth-order valence-electron chi connectivity index (χ4n) is 2.56. The number of hydrogen-bond acceptors (Lipinski definition) is 4. The summed E-state index contributed by atoms with van der Waals surface area (Å²) in [4.78, 5) is 29.3. The average Bonchev–Trinajstić information content (AvgIpc) is 3.08. The van der Waals surface area contributed by atoms with Crippen LogP contribution in [-0.4, -0.2) is 14.8 Å². The summed E-state index contributed by atoms with van der Waals surface area (Å²) in [6, 6.07) is 14.8. The van der Waals surface area contributed by atoms with E-state index in [1.54, 1.807) is 24.3 Å². The molecular weight excluding hydrogens is 322 g/mol. The number of benzene rings is 2. The number of thiazole rings is 1. The molecule has 5 nitrogen and oxygen atoms in total. The van der Waals surface area contributed by atoms with Gasteiger partial charge in [-0.1, -0.05) is 42.0 Å². The summed E-state index contributed by atoms with van der Waals surface area (Å²) in [6.45, 7) is 2.02. The van der Waals surface area contributed by atoms with E-state index < -0.39 is 0 Å². The van der Waals surface area contributed by atoms with E-state index in [1.165, 1.54) is 21.6 Å². The van der Waals surface area contributed by atoms with Crippen LogP contribution in [-0.2, 0) is 0 Å². The van der Waals surface area contributed by atoms with Crippen molar-refractivity contribution in [2.45, 2.75) is 6.92 Å². The van der Waals surface area contributed by atoms with Crippen LogP contribution in [0.3, 0.4) is 0 Å².